The lowest BCUT2D eigenvalue weighted by Gasteiger charge is -2.15. The number of thiophene rings is 1. The standard InChI is InChI=1S/C18H19NO3S/c1-11-8-9-13(23-11)10-19(3)18(20)16-12(2)14-6-5-7-15(21-4)17(14)22-16/h5-9H,10H2,1-4H3. The minimum absolute atomic E-state index is 0.119. The third-order valence-electron chi connectivity index (χ3n) is 3.88. The summed E-state index contributed by atoms with van der Waals surface area (Å²) in [7, 11) is 3.39. The van der Waals surface area contributed by atoms with Crippen LogP contribution in [0.2, 0.25) is 0 Å². The minimum Gasteiger partial charge on any atom is -0.493 e. The summed E-state index contributed by atoms with van der Waals surface area (Å²) < 4.78 is 11.2. The summed E-state index contributed by atoms with van der Waals surface area (Å²) in [6, 6.07) is 9.79. The first-order valence-electron chi connectivity index (χ1n) is 7.38. The summed E-state index contributed by atoms with van der Waals surface area (Å²) >= 11 is 1.70. The number of benzene rings is 1. The summed E-state index contributed by atoms with van der Waals surface area (Å²) in [4.78, 5) is 16.8. The summed E-state index contributed by atoms with van der Waals surface area (Å²) in [5.74, 6) is 0.897. The quantitative estimate of drug-likeness (QED) is 0.713. The number of aryl methyl sites for hydroxylation is 2. The molecule has 0 radical (unpaired) electrons. The van der Waals surface area contributed by atoms with Gasteiger partial charge in [-0.25, -0.2) is 0 Å². The van der Waals surface area contributed by atoms with E-state index in [4.69, 9.17) is 9.15 Å². The van der Waals surface area contributed by atoms with Gasteiger partial charge < -0.3 is 14.1 Å². The topological polar surface area (TPSA) is 42.7 Å². The van der Waals surface area contributed by atoms with Gasteiger partial charge in [0.05, 0.1) is 13.7 Å². The number of amides is 1. The van der Waals surface area contributed by atoms with E-state index in [0.29, 0.717) is 23.6 Å². The second kappa shape index (κ2) is 6.08. The summed E-state index contributed by atoms with van der Waals surface area (Å²) in [5.41, 5.74) is 1.47. The fraction of sp³-hybridized carbons (Fsp3) is 0.278. The van der Waals surface area contributed by atoms with Crippen LogP contribution in [0, 0.1) is 13.8 Å². The maximum Gasteiger partial charge on any atom is 0.289 e. The Morgan fingerprint density at radius 3 is 2.70 bits per heavy atom. The van der Waals surface area contributed by atoms with Crippen LogP contribution in [0.1, 0.15) is 25.9 Å². The molecule has 0 atom stereocenters. The molecule has 3 aromatic rings. The van der Waals surface area contributed by atoms with Crippen LogP contribution < -0.4 is 4.74 Å². The van der Waals surface area contributed by atoms with Crippen molar-refractivity contribution in [3.05, 3.63) is 51.4 Å². The molecule has 1 aromatic carbocycles. The number of furan rings is 1. The zero-order valence-corrected chi connectivity index (χ0v) is 14.5. The van der Waals surface area contributed by atoms with Crippen molar-refractivity contribution in [2.45, 2.75) is 20.4 Å². The normalized spacial score (nSPS) is 11.0. The highest BCUT2D eigenvalue weighted by Crippen LogP contribution is 2.33. The number of para-hydroxylation sites is 1. The Hall–Kier alpha value is -2.27. The molecule has 0 saturated carbocycles. The van der Waals surface area contributed by atoms with Gasteiger partial charge in [-0.15, -0.1) is 11.3 Å². The number of hydrogen-bond donors (Lipinski definition) is 0. The number of nitrogens with zero attached hydrogens (tertiary/aromatic N) is 1. The fourth-order valence-electron chi connectivity index (χ4n) is 2.63. The zero-order chi connectivity index (χ0) is 16.6. The highest BCUT2D eigenvalue weighted by Gasteiger charge is 2.22. The highest BCUT2D eigenvalue weighted by atomic mass is 32.1. The molecule has 0 aliphatic carbocycles. The third kappa shape index (κ3) is 2.84. The van der Waals surface area contributed by atoms with Crippen molar-refractivity contribution in [2.24, 2.45) is 0 Å². The number of carbonyl (C=O) groups excluding carboxylic acids is 1. The Bertz CT molecular complexity index is 862. The Balaban J connectivity index is 1.92. The second-order valence-corrected chi connectivity index (χ2v) is 6.94. The lowest BCUT2D eigenvalue weighted by molar-refractivity contribution is 0.0756. The Kier molecular flexibility index (Phi) is 4.13. The predicted molar refractivity (Wildman–Crippen MR) is 92.4 cm³/mol. The van der Waals surface area contributed by atoms with Gasteiger partial charge in [0.25, 0.3) is 5.91 Å². The molecule has 2 aromatic heterocycles. The molecule has 0 spiro atoms. The van der Waals surface area contributed by atoms with Gasteiger partial charge in [0.1, 0.15) is 0 Å². The Morgan fingerprint density at radius 2 is 2.04 bits per heavy atom. The molecule has 0 aliphatic rings. The van der Waals surface area contributed by atoms with Crippen molar-refractivity contribution >= 4 is 28.2 Å². The molecule has 0 aliphatic heterocycles. The number of hydrogen-bond acceptors (Lipinski definition) is 4. The first-order chi connectivity index (χ1) is 11.0. The van der Waals surface area contributed by atoms with E-state index in [2.05, 4.69) is 19.1 Å². The molecule has 0 fully saturated rings. The molecular weight excluding hydrogens is 310 g/mol. The van der Waals surface area contributed by atoms with E-state index in [1.54, 1.807) is 30.4 Å². The molecule has 120 valence electrons. The molecule has 23 heavy (non-hydrogen) atoms. The molecule has 0 bridgehead atoms. The largest absolute Gasteiger partial charge is 0.493 e. The molecule has 0 N–H and O–H groups in total. The van der Waals surface area contributed by atoms with Crippen molar-refractivity contribution in [3.63, 3.8) is 0 Å². The minimum atomic E-state index is -0.119. The Morgan fingerprint density at radius 1 is 1.26 bits per heavy atom. The van der Waals surface area contributed by atoms with Crippen molar-refractivity contribution in [1.29, 1.82) is 0 Å². The molecule has 0 saturated heterocycles. The van der Waals surface area contributed by atoms with Crippen LogP contribution in [-0.2, 0) is 6.54 Å². The first kappa shape index (κ1) is 15.6. The first-order valence-corrected chi connectivity index (χ1v) is 8.19. The van der Waals surface area contributed by atoms with Crippen LogP contribution in [0.5, 0.6) is 5.75 Å². The molecule has 5 heteroatoms. The summed E-state index contributed by atoms with van der Waals surface area (Å²) in [6.45, 7) is 4.54. The third-order valence-corrected chi connectivity index (χ3v) is 4.86. The van der Waals surface area contributed by atoms with E-state index >= 15 is 0 Å². The number of methoxy groups -OCH3 is 1. The second-order valence-electron chi connectivity index (χ2n) is 5.57. The van der Waals surface area contributed by atoms with Gasteiger partial charge in [-0.3, -0.25) is 4.79 Å². The molecule has 0 unspecified atom stereocenters. The average molecular weight is 329 g/mol. The zero-order valence-electron chi connectivity index (χ0n) is 13.7. The lowest BCUT2D eigenvalue weighted by Crippen LogP contribution is -2.25. The monoisotopic (exact) mass is 329 g/mol. The molecule has 2 heterocycles. The van der Waals surface area contributed by atoms with Gasteiger partial charge >= 0.3 is 0 Å². The van der Waals surface area contributed by atoms with Gasteiger partial charge in [0.15, 0.2) is 17.1 Å². The fourth-order valence-corrected chi connectivity index (χ4v) is 3.58. The number of carbonyl (C=O) groups is 1. The number of rotatable bonds is 4. The van der Waals surface area contributed by atoms with Gasteiger partial charge in [0, 0.05) is 27.8 Å². The van der Waals surface area contributed by atoms with Crippen LogP contribution >= 0.6 is 11.3 Å². The van der Waals surface area contributed by atoms with E-state index in [-0.39, 0.29) is 5.91 Å². The van der Waals surface area contributed by atoms with Crippen LogP contribution in [0.15, 0.2) is 34.7 Å². The maximum atomic E-state index is 12.7. The predicted octanol–water partition coefficient (Wildman–Crippen LogP) is 4.39. The van der Waals surface area contributed by atoms with Crippen LogP contribution in [0.4, 0.5) is 0 Å². The average Bonchev–Trinajstić information content (AvgIpc) is 3.10. The van der Waals surface area contributed by atoms with Gasteiger partial charge in [0.2, 0.25) is 0 Å². The molecule has 4 nitrogen and oxygen atoms in total. The summed E-state index contributed by atoms with van der Waals surface area (Å²) in [6.07, 6.45) is 0. The van der Waals surface area contributed by atoms with E-state index < -0.39 is 0 Å². The molecular formula is C18H19NO3S. The van der Waals surface area contributed by atoms with E-state index in [1.165, 1.54) is 4.88 Å². The SMILES string of the molecule is COc1cccc2c(C)c(C(=O)N(C)Cc3ccc(C)s3)oc12. The van der Waals surface area contributed by atoms with E-state index in [9.17, 15) is 4.79 Å². The summed E-state index contributed by atoms with van der Waals surface area (Å²) in [5, 5.41) is 0.910. The van der Waals surface area contributed by atoms with Crippen molar-refractivity contribution in [2.75, 3.05) is 14.2 Å². The molecule has 1 amide bonds. The number of fused-ring (bicyclic) bond motifs is 1. The lowest BCUT2D eigenvalue weighted by atomic mass is 10.1. The van der Waals surface area contributed by atoms with E-state index in [0.717, 1.165) is 15.8 Å². The smallest absolute Gasteiger partial charge is 0.289 e. The Labute approximate surface area is 139 Å². The van der Waals surface area contributed by atoms with Crippen molar-refractivity contribution < 1.29 is 13.9 Å². The van der Waals surface area contributed by atoms with E-state index in [1.807, 2.05) is 25.1 Å². The van der Waals surface area contributed by atoms with Crippen LogP contribution in [0.25, 0.3) is 11.0 Å². The number of ether oxygens (including phenoxy) is 1. The van der Waals surface area contributed by atoms with Crippen LogP contribution in [-0.4, -0.2) is 25.0 Å². The van der Waals surface area contributed by atoms with Gasteiger partial charge in [-0.05, 0) is 32.0 Å². The molecule has 3 rings (SSSR count). The highest BCUT2D eigenvalue weighted by molar-refractivity contribution is 7.11. The van der Waals surface area contributed by atoms with Crippen molar-refractivity contribution in [3.8, 4) is 5.75 Å². The van der Waals surface area contributed by atoms with Crippen LogP contribution in [0.3, 0.4) is 0 Å². The van der Waals surface area contributed by atoms with Crippen molar-refractivity contribution in [1.82, 2.24) is 4.90 Å². The maximum absolute atomic E-state index is 12.7. The van der Waals surface area contributed by atoms with Gasteiger partial charge in [-0.1, -0.05) is 12.1 Å². The van der Waals surface area contributed by atoms with Gasteiger partial charge in [-0.2, -0.15) is 0 Å².